The number of fused-ring (bicyclic) bond motifs is 1. The number of rotatable bonds is 6. The van der Waals surface area contributed by atoms with Crippen LogP contribution < -0.4 is 16.4 Å². The molecule has 1 fully saturated rings. The number of aromatic nitrogens is 2. The van der Waals surface area contributed by atoms with Crippen LogP contribution >= 0.6 is 11.5 Å². The van der Waals surface area contributed by atoms with Crippen LogP contribution in [0.4, 0.5) is 5.13 Å². The Bertz CT molecular complexity index is 1020. The fourth-order valence-electron chi connectivity index (χ4n) is 3.36. The average molecular weight is 414 g/mol. The SMILES string of the molecule is NCCc1nsc(NCc2ccc3c(c2)C(=O)N(C2CCC(=O)NC2=O)C3=O)n1. The average Bonchev–Trinajstić information content (AvgIpc) is 3.24. The standard InChI is InChI=1S/C18H18N6O4S/c19-6-5-13-21-18(29-23-13)20-8-9-1-2-10-11(7-9)17(28)24(16(10)27)12-3-4-14(25)22-15(12)26/h1-2,7,12H,3-6,8,19H2,(H,20,21,23)(H,22,25,26). The minimum absolute atomic E-state index is 0.0903. The number of carbonyl (C=O) groups is 4. The van der Waals surface area contributed by atoms with Gasteiger partial charge < -0.3 is 11.1 Å². The van der Waals surface area contributed by atoms with Crippen LogP contribution in [0.5, 0.6) is 0 Å². The number of piperidine rings is 1. The molecule has 1 aromatic heterocycles. The van der Waals surface area contributed by atoms with E-state index < -0.39 is 29.7 Å². The van der Waals surface area contributed by atoms with Crippen LogP contribution in [0.1, 0.15) is 44.9 Å². The highest BCUT2D eigenvalue weighted by atomic mass is 32.1. The first-order valence-corrected chi connectivity index (χ1v) is 9.86. The molecule has 1 unspecified atom stereocenters. The van der Waals surface area contributed by atoms with Crippen molar-refractivity contribution in [3.8, 4) is 0 Å². The molecule has 2 aromatic rings. The Hall–Kier alpha value is -3.18. The second-order valence-electron chi connectivity index (χ2n) is 6.74. The summed E-state index contributed by atoms with van der Waals surface area (Å²) < 4.78 is 4.19. The number of carbonyl (C=O) groups excluding carboxylic acids is 4. The summed E-state index contributed by atoms with van der Waals surface area (Å²) >= 11 is 1.23. The molecule has 4 rings (SSSR count). The number of hydrogen-bond acceptors (Lipinski definition) is 9. The number of amides is 4. The molecule has 0 radical (unpaired) electrons. The lowest BCUT2D eigenvalue weighted by Crippen LogP contribution is -2.54. The number of imide groups is 2. The van der Waals surface area contributed by atoms with Gasteiger partial charge in [-0.3, -0.25) is 29.4 Å². The number of nitrogens with two attached hydrogens (primary N) is 1. The Kier molecular flexibility index (Phi) is 5.07. The van der Waals surface area contributed by atoms with E-state index in [1.54, 1.807) is 18.2 Å². The fraction of sp³-hybridized carbons (Fsp3) is 0.333. The summed E-state index contributed by atoms with van der Waals surface area (Å²) in [5.74, 6) is -1.39. The number of nitrogens with one attached hydrogen (secondary N) is 2. The van der Waals surface area contributed by atoms with Gasteiger partial charge in [0.15, 0.2) is 0 Å². The van der Waals surface area contributed by atoms with E-state index in [1.807, 2.05) is 0 Å². The highest BCUT2D eigenvalue weighted by Gasteiger charge is 2.44. The lowest BCUT2D eigenvalue weighted by atomic mass is 10.0. The van der Waals surface area contributed by atoms with Crippen molar-refractivity contribution in [3.05, 3.63) is 40.7 Å². The summed E-state index contributed by atoms with van der Waals surface area (Å²) in [6.45, 7) is 0.866. The summed E-state index contributed by atoms with van der Waals surface area (Å²) in [4.78, 5) is 54.2. The first-order valence-electron chi connectivity index (χ1n) is 9.09. The fourth-order valence-corrected chi connectivity index (χ4v) is 3.97. The van der Waals surface area contributed by atoms with Crippen LogP contribution in [0.15, 0.2) is 18.2 Å². The predicted octanol–water partition coefficient (Wildman–Crippen LogP) is 0.0526. The van der Waals surface area contributed by atoms with Crippen LogP contribution in [0.3, 0.4) is 0 Å². The Morgan fingerprint density at radius 2 is 2.00 bits per heavy atom. The van der Waals surface area contributed by atoms with Gasteiger partial charge in [-0.2, -0.15) is 4.37 Å². The Morgan fingerprint density at radius 3 is 2.76 bits per heavy atom. The molecular formula is C18H18N6O4S. The minimum Gasteiger partial charge on any atom is -0.356 e. The second-order valence-corrected chi connectivity index (χ2v) is 7.49. The van der Waals surface area contributed by atoms with Crippen LogP contribution in [-0.4, -0.2) is 50.5 Å². The van der Waals surface area contributed by atoms with E-state index in [4.69, 9.17) is 5.73 Å². The molecule has 11 heteroatoms. The van der Waals surface area contributed by atoms with E-state index in [1.165, 1.54) is 11.5 Å². The van der Waals surface area contributed by atoms with E-state index in [0.717, 1.165) is 10.5 Å². The zero-order chi connectivity index (χ0) is 20.5. The maximum absolute atomic E-state index is 12.8. The van der Waals surface area contributed by atoms with Crippen LogP contribution in [0.25, 0.3) is 0 Å². The predicted molar refractivity (Wildman–Crippen MR) is 103 cm³/mol. The molecule has 4 amide bonds. The van der Waals surface area contributed by atoms with Gasteiger partial charge in [0.05, 0.1) is 11.1 Å². The van der Waals surface area contributed by atoms with Crippen molar-refractivity contribution < 1.29 is 19.2 Å². The van der Waals surface area contributed by atoms with Crippen LogP contribution in [0.2, 0.25) is 0 Å². The van der Waals surface area contributed by atoms with Gasteiger partial charge in [-0.1, -0.05) is 6.07 Å². The lowest BCUT2D eigenvalue weighted by Gasteiger charge is -2.27. The summed E-state index contributed by atoms with van der Waals surface area (Å²) in [6, 6.07) is 3.99. The summed E-state index contributed by atoms with van der Waals surface area (Å²) in [7, 11) is 0. The van der Waals surface area contributed by atoms with E-state index in [-0.39, 0.29) is 24.0 Å². The topological polar surface area (TPSA) is 147 Å². The Labute approximate surface area is 169 Å². The molecule has 150 valence electrons. The summed E-state index contributed by atoms with van der Waals surface area (Å²) in [5.41, 5.74) is 6.78. The second kappa shape index (κ2) is 7.68. The number of hydrogen-bond donors (Lipinski definition) is 3. The third-order valence-electron chi connectivity index (χ3n) is 4.78. The van der Waals surface area contributed by atoms with Crippen molar-refractivity contribution in [1.82, 2.24) is 19.6 Å². The Balaban J connectivity index is 1.49. The number of benzene rings is 1. The molecule has 0 saturated carbocycles. The van der Waals surface area contributed by atoms with Crippen molar-refractivity contribution in [3.63, 3.8) is 0 Å². The first kappa shape index (κ1) is 19.2. The van der Waals surface area contributed by atoms with Gasteiger partial charge in [-0.15, -0.1) is 0 Å². The van der Waals surface area contributed by atoms with Gasteiger partial charge in [0.1, 0.15) is 11.9 Å². The zero-order valence-electron chi connectivity index (χ0n) is 15.3. The maximum Gasteiger partial charge on any atom is 0.262 e. The lowest BCUT2D eigenvalue weighted by molar-refractivity contribution is -0.136. The van der Waals surface area contributed by atoms with Crippen molar-refractivity contribution in [2.75, 3.05) is 11.9 Å². The largest absolute Gasteiger partial charge is 0.356 e. The monoisotopic (exact) mass is 414 g/mol. The van der Waals surface area contributed by atoms with E-state index in [2.05, 4.69) is 20.0 Å². The zero-order valence-corrected chi connectivity index (χ0v) is 16.1. The van der Waals surface area contributed by atoms with Gasteiger partial charge in [0, 0.05) is 30.9 Å². The van der Waals surface area contributed by atoms with Gasteiger partial charge >= 0.3 is 0 Å². The summed E-state index contributed by atoms with van der Waals surface area (Å²) in [5, 5.41) is 5.96. The first-order chi connectivity index (χ1) is 14.0. The van der Waals surface area contributed by atoms with Gasteiger partial charge in [0.2, 0.25) is 16.9 Å². The van der Waals surface area contributed by atoms with Crippen molar-refractivity contribution in [2.45, 2.75) is 31.8 Å². The third kappa shape index (κ3) is 3.61. The molecule has 29 heavy (non-hydrogen) atoms. The maximum atomic E-state index is 12.8. The van der Waals surface area contributed by atoms with Crippen LogP contribution in [-0.2, 0) is 22.6 Å². The van der Waals surface area contributed by atoms with Crippen molar-refractivity contribution in [2.24, 2.45) is 5.73 Å². The molecule has 3 heterocycles. The van der Waals surface area contributed by atoms with Gasteiger partial charge in [0.25, 0.3) is 11.8 Å². The highest BCUT2D eigenvalue weighted by molar-refractivity contribution is 7.09. The molecular weight excluding hydrogens is 396 g/mol. The number of anilines is 1. The minimum atomic E-state index is -0.968. The molecule has 1 saturated heterocycles. The highest BCUT2D eigenvalue weighted by Crippen LogP contribution is 2.28. The normalized spacial score (nSPS) is 18.8. The Morgan fingerprint density at radius 1 is 1.21 bits per heavy atom. The third-order valence-corrected chi connectivity index (χ3v) is 5.49. The molecule has 0 aliphatic carbocycles. The van der Waals surface area contributed by atoms with E-state index in [9.17, 15) is 19.2 Å². The quantitative estimate of drug-likeness (QED) is 0.562. The molecule has 1 aromatic carbocycles. The van der Waals surface area contributed by atoms with Crippen molar-refractivity contribution in [1.29, 1.82) is 0 Å². The molecule has 4 N–H and O–H groups in total. The van der Waals surface area contributed by atoms with Crippen molar-refractivity contribution >= 4 is 40.3 Å². The van der Waals surface area contributed by atoms with Gasteiger partial charge in [-0.25, -0.2) is 4.98 Å². The summed E-state index contributed by atoms with van der Waals surface area (Å²) in [6.07, 6.45) is 0.823. The molecule has 2 aliphatic heterocycles. The molecule has 10 nitrogen and oxygen atoms in total. The molecule has 0 bridgehead atoms. The van der Waals surface area contributed by atoms with E-state index in [0.29, 0.717) is 30.5 Å². The molecule has 1 atom stereocenters. The molecule has 0 spiro atoms. The van der Waals surface area contributed by atoms with Gasteiger partial charge in [-0.05, 0) is 30.7 Å². The smallest absolute Gasteiger partial charge is 0.262 e. The van der Waals surface area contributed by atoms with Crippen LogP contribution in [0, 0.1) is 0 Å². The molecule has 2 aliphatic rings. The number of nitrogens with zero attached hydrogens (tertiary/aromatic N) is 3. The van der Waals surface area contributed by atoms with E-state index >= 15 is 0 Å².